The Balaban J connectivity index is 2.75. The number of rotatable bonds is 1. The molecular formula is C9H9N. The van der Waals surface area contributed by atoms with Crippen molar-refractivity contribution in [1.29, 1.82) is 0 Å². The molecule has 0 saturated carbocycles. The first-order chi connectivity index (χ1) is 4.93. The van der Waals surface area contributed by atoms with Gasteiger partial charge in [0, 0.05) is 0 Å². The normalized spacial score (nSPS) is 19.5. The van der Waals surface area contributed by atoms with Crippen molar-refractivity contribution >= 4 is 5.87 Å². The van der Waals surface area contributed by atoms with E-state index in [0.717, 1.165) is 5.70 Å². The summed E-state index contributed by atoms with van der Waals surface area (Å²) in [6.45, 7) is 1.98. The van der Waals surface area contributed by atoms with Crippen LogP contribution in [0.4, 0.5) is 0 Å². The molecule has 1 aliphatic heterocycles. The first-order valence-electron chi connectivity index (χ1n) is 3.22. The predicted octanol–water partition coefficient (Wildman–Crippen LogP) is 2.24. The molecule has 0 atom stereocenters. The second-order valence-corrected chi connectivity index (χ2v) is 1.88. The highest BCUT2D eigenvalue weighted by Gasteiger charge is 1.84. The molecule has 0 aromatic carbocycles. The molecule has 0 radical (unpaired) electrons. The largest absolute Gasteiger partial charge is 0.206 e. The fourth-order valence-corrected chi connectivity index (χ4v) is 0.626. The van der Waals surface area contributed by atoms with Gasteiger partial charge >= 0.3 is 0 Å². The van der Waals surface area contributed by atoms with Gasteiger partial charge in [0.2, 0.25) is 0 Å². The van der Waals surface area contributed by atoms with Crippen LogP contribution in [0.15, 0.2) is 47.1 Å². The number of hydrogen-bond donors (Lipinski definition) is 0. The van der Waals surface area contributed by atoms with Crippen LogP contribution >= 0.6 is 0 Å². The molecule has 0 saturated heterocycles. The van der Waals surface area contributed by atoms with E-state index < -0.39 is 0 Å². The van der Waals surface area contributed by atoms with Gasteiger partial charge in [-0.05, 0) is 31.0 Å². The minimum atomic E-state index is 0.945. The average molecular weight is 131 g/mol. The van der Waals surface area contributed by atoms with E-state index in [4.69, 9.17) is 0 Å². The zero-order valence-corrected chi connectivity index (χ0v) is 5.91. The third-order valence-electron chi connectivity index (χ3n) is 1.09. The minimum Gasteiger partial charge on any atom is -0.206 e. The molecule has 0 unspecified atom stereocenters. The maximum Gasteiger partial charge on any atom is 0.0729 e. The summed E-state index contributed by atoms with van der Waals surface area (Å²) in [4.78, 5) is 3.98. The van der Waals surface area contributed by atoms with Crippen molar-refractivity contribution in [3.8, 4) is 0 Å². The molecule has 1 nitrogen and oxygen atoms in total. The lowest BCUT2D eigenvalue weighted by Crippen LogP contribution is -1.73. The van der Waals surface area contributed by atoms with Crippen LogP contribution in [0.1, 0.15) is 6.92 Å². The SMILES string of the molecule is C/C=C\C=C1\C=CC=C=N1. The van der Waals surface area contributed by atoms with Crippen LogP contribution < -0.4 is 0 Å². The summed E-state index contributed by atoms with van der Waals surface area (Å²) in [5, 5.41) is 0. The summed E-state index contributed by atoms with van der Waals surface area (Å²) < 4.78 is 0. The lowest BCUT2D eigenvalue weighted by atomic mass is 10.3. The molecule has 0 aliphatic carbocycles. The molecule has 10 heavy (non-hydrogen) atoms. The molecule has 1 heteroatoms. The third kappa shape index (κ3) is 1.88. The Morgan fingerprint density at radius 2 is 2.50 bits per heavy atom. The van der Waals surface area contributed by atoms with Crippen molar-refractivity contribution in [2.45, 2.75) is 6.92 Å². The summed E-state index contributed by atoms with van der Waals surface area (Å²) in [7, 11) is 0. The summed E-state index contributed by atoms with van der Waals surface area (Å²) >= 11 is 0. The quantitative estimate of drug-likeness (QED) is 0.517. The highest BCUT2D eigenvalue weighted by Crippen LogP contribution is 2.00. The molecule has 1 aliphatic rings. The van der Waals surface area contributed by atoms with Gasteiger partial charge in [-0.15, -0.1) is 0 Å². The van der Waals surface area contributed by atoms with Crippen molar-refractivity contribution in [1.82, 2.24) is 0 Å². The Morgan fingerprint density at radius 3 is 3.10 bits per heavy atom. The molecule has 1 rings (SSSR count). The summed E-state index contributed by atoms with van der Waals surface area (Å²) in [5.74, 6) is 2.75. The standard InChI is InChI=1S/C9H9N/c1-2-3-6-9-7-4-5-8-10-9/h2-7H,1H3/b3-2-,9-6-. The Bertz CT molecular complexity index is 248. The zero-order chi connectivity index (χ0) is 7.23. The van der Waals surface area contributed by atoms with E-state index in [1.54, 1.807) is 6.08 Å². The van der Waals surface area contributed by atoms with Crippen LogP contribution in [0, 0.1) is 0 Å². The molecule has 0 fully saturated rings. The fraction of sp³-hybridized carbons (Fsp3) is 0.111. The number of nitrogens with zero attached hydrogens (tertiary/aromatic N) is 1. The molecule has 50 valence electrons. The van der Waals surface area contributed by atoms with E-state index in [2.05, 4.69) is 10.9 Å². The number of aliphatic imine (C=N–C) groups is 1. The van der Waals surface area contributed by atoms with Gasteiger partial charge in [-0.1, -0.05) is 18.2 Å². The van der Waals surface area contributed by atoms with E-state index in [1.807, 2.05) is 37.3 Å². The van der Waals surface area contributed by atoms with E-state index in [-0.39, 0.29) is 0 Å². The Morgan fingerprint density at radius 1 is 1.60 bits per heavy atom. The highest BCUT2D eigenvalue weighted by atomic mass is 14.7. The van der Waals surface area contributed by atoms with Crippen molar-refractivity contribution in [3.63, 3.8) is 0 Å². The van der Waals surface area contributed by atoms with Gasteiger partial charge in [0.15, 0.2) is 0 Å². The van der Waals surface area contributed by atoms with Gasteiger partial charge in [-0.3, -0.25) is 0 Å². The van der Waals surface area contributed by atoms with E-state index in [1.165, 1.54) is 0 Å². The topological polar surface area (TPSA) is 12.4 Å². The fourth-order valence-electron chi connectivity index (χ4n) is 0.626. The molecule has 0 bridgehead atoms. The average Bonchev–Trinajstić information content (AvgIpc) is 2.03. The first kappa shape index (κ1) is 6.79. The van der Waals surface area contributed by atoms with Gasteiger partial charge in [0.25, 0.3) is 0 Å². The summed E-state index contributed by atoms with van der Waals surface area (Å²) in [6.07, 6.45) is 11.5. The third-order valence-corrected chi connectivity index (χ3v) is 1.09. The van der Waals surface area contributed by atoms with Crippen LogP contribution in [0.5, 0.6) is 0 Å². The lowest BCUT2D eigenvalue weighted by molar-refractivity contribution is 1.42. The van der Waals surface area contributed by atoms with Crippen molar-refractivity contribution in [2.75, 3.05) is 0 Å². The van der Waals surface area contributed by atoms with E-state index in [9.17, 15) is 0 Å². The molecule has 0 aromatic heterocycles. The molecule has 0 spiro atoms. The lowest BCUT2D eigenvalue weighted by Gasteiger charge is -1.89. The Kier molecular flexibility index (Phi) is 2.48. The number of hydrogen-bond acceptors (Lipinski definition) is 1. The second-order valence-electron chi connectivity index (χ2n) is 1.88. The monoisotopic (exact) mass is 131 g/mol. The Hall–Kier alpha value is -1.33. The Labute approximate surface area is 60.8 Å². The minimum absolute atomic E-state index is 0.945. The van der Waals surface area contributed by atoms with Gasteiger partial charge in [0.1, 0.15) is 0 Å². The maximum atomic E-state index is 3.98. The first-order valence-corrected chi connectivity index (χ1v) is 3.22. The molecule has 0 aromatic rings. The van der Waals surface area contributed by atoms with Crippen LogP contribution in [0.2, 0.25) is 0 Å². The predicted molar refractivity (Wildman–Crippen MR) is 44.0 cm³/mol. The van der Waals surface area contributed by atoms with Crippen molar-refractivity contribution < 1.29 is 0 Å². The molecular weight excluding hydrogens is 122 g/mol. The van der Waals surface area contributed by atoms with Crippen molar-refractivity contribution in [3.05, 3.63) is 42.2 Å². The van der Waals surface area contributed by atoms with Crippen LogP contribution in [-0.4, -0.2) is 5.87 Å². The van der Waals surface area contributed by atoms with Gasteiger partial charge < -0.3 is 0 Å². The van der Waals surface area contributed by atoms with Crippen LogP contribution in [0.25, 0.3) is 0 Å². The van der Waals surface area contributed by atoms with E-state index >= 15 is 0 Å². The maximum absolute atomic E-state index is 3.98. The van der Waals surface area contributed by atoms with Gasteiger partial charge in [0.05, 0.1) is 5.70 Å². The van der Waals surface area contributed by atoms with Crippen LogP contribution in [-0.2, 0) is 0 Å². The molecule has 1 heterocycles. The summed E-state index contributed by atoms with van der Waals surface area (Å²) in [6, 6.07) is 0. The highest BCUT2D eigenvalue weighted by molar-refractivity contribution is 5.60. The van der Waals surface area contributed by atoms with Gasteiger partial charge in [-0.25, -0.2) is 4.99 Å². The number of allylic oxidation sites excluding steroid dienone is 6. The second kappa shape index (κ2) is 3.65. The van der Waals surface area contributed by atoms with Crippen molar-refractivity contribution in [2.24, 2.45) is 4.99 Å². The van der Waals surface area contributed by atoms with Gasteiger partial charge in [-0.2, -0.15) is 0 Å². The molecule has 0 amide bonds. The smallest absolute Gasteiger partial charge is 0.0729 e. The molecule has 0 N–H and O–H groups in total. The zero-order valence-electron chi connectivity index (χ0n) is 5.91. The summed E-state index contributed by atoms with van der Waals surface area (Å²) in [5.41, 5.74) is 0.945. The van der Waals surface area contributed by atoms with Crippen LogP contribution in [0.3, 0.4) is 0 Å². The van der Waals surface area contributed by atoms with E-state index in [0.29, 0.717) is 0 Å².